The Morgan fingerprint density at radius 1 is 0.750 bits per heavy atom. The number of halogens is 1. The first-order valence-electron chi connectivity index (χ1n) is 14.3. The smallest absolute Gasteiger partial charge is 0.224 e. The van der Waals surface area contributed by atoms with E-state index >= 15 is 0 Å². The average molecular weight is 536 g/mol. The normalized spacial score (nSPS) is 13.8. The minimum atomic E-state index is -0.197. The molecular weight excluding hydrogens is 497 g/mol. The zero-order valence-electron chi connectivity index (χ0n) is 23.3. The van der Waals surface area contributed by atoms with E-state index < -0.39 is 0 Å². The zero-order valence-corrected chi connectivity index (χ0v) is 23.3. The molecule has 0 bridgehead atoms. The van der Waals surface area contributed by atoms with Crippen molar-refractivity contribution in [3.8, 4) is 0 Å². The molecule has 0 atom stereocenters. The molecule has 0 aliphatic carbocycles. The Labute approximate surface area is 237 Å². The fraction of sp³-hybridized carbons (Fsp3) is 0.286. The average Bonchev–Trinajstić information content (AvgIpc) is 2.97. The van der Waals surface area contributed by atoms with E-state index in [1.54, 1.807) is 0 Å². The van der Waals surface area contributed by atoms with Gasteiger partial charge in [-0.2, -0.15) is 0 Å². The van der Waals surface area contributed by atoms with Gasteiger partial charge in [-0.15, -0.1) is 0 Å². The first kappa shape index (κ1) is 27.6. The second-order valence-corrected chi connectivity index (χ2v) is 10.7. The SMILES string of the molecule is Cc1cccc(Cc2ccccc2)c1NC(=O)CCCN1CCN(c2ccc(Cc3ccc(F)cc3)cc2)CC1. The predicted octanol–water partition coefficient (Wildman–Crippen LogP) is 6.86. The summed E-state index contributed by atoms with van der Waals surface area (Å²) in [4.78, 5) is 17.7. The van der Waals surface area contributed by atoms with Gasteiger partial charge in [0.15, 0.2) is 0 Å². The van der Waals surface area contributed by atoms with E-state index in [4.69, 9.17) is 0 Å². The molecule has 1 aliphatic rings. The Morgan fingerprint density at radius 2 is 1.40 bits per heavy atom. The van der Waals surface area contributed by atoms with Crippen LogP contribution in [0.5, 0.6) is 0 Å². The van der Waals surface area contributed by atoms with E-state index in [1.807, 2.05) is 18.2 Å². The van der Waals surface area contributed by atoms with Crippen molar-refractivity contribution >= 4 is 17.3 Å². The molecular formula is C35H38FN3O. The maximum Gasteiger partial charge on any atom is 0.224 e. The van der Waals surface area contributed by atoms with Crippen molar-refractivity contribution in [3.05, 3.63) is 131 Å². The topological polar surface area (TPSA) is 35.6 Å². The molecule has 5 rings (SSSR count). The lowest BCUT2D eigenvalue weighted by molar-refractivity contribution is -0.116. The molecule has 1 fully saturated rings. The fourth-order valence-electron chi connectivity index (χ4n) is 5.43. The molecule has 4 nitrogen and oxygen atoms in total. The summed E-state index contributed by atoms with van der Waals surface area (Å²) in [7, 11) is 0. The first-order valence-corrected chi connectivity index (χ1v) is 14.3. The Morgan fingerprint density at radius 3 is 2.10 bits per heavy atom. The molecule has 5 heteroatoms. The Balaban J connectivity index is 1.05. The molecule has 0 unspecified atom stereocenters. The van der Waals surface area contributed by atoms with Gasteiger partial charge in [0.05, 0.1) is 0 Å². The highest BCUT2D eigenvalue weighted by Crippen LogP contribution is 2.24. The van der Waals surface area contributed by atoms with Crippen LogP contribution in [0.3, 0.4) is 0 Å². The van der Waals surface area contributed by atoms with Crippen molar-refractivity contribution in [1.82, 2.24) is 4.90 Å². The summed E-state index contributed by atoms with van der Waals surface area (Å²) in [5.74, 6) is -0.111. The lowest BCUT2D eigenvalue weighted by Gasteiger charge is -2.36. The van der Waals surface area contributed by atoms with Crippen LogP contribution in [0.2, 0.25) is 0 Å². The molecule has 1 amide bonds. The van der Waals surface area contributed by atoms with Crippen molar-refractivity contribution in [3.63, 3.8) is 0 Å². The number of hydrogen-bond acceptors (Lipinski definition) is 3. The van der Waals surface area contributed by atoms with Crippen LogP contribution in [0, 0.1) is 12.7 Å². The third kappa shape index (κ3) is 7.57. The van der Waals surface area contributed by atoms with Crippen LogP contribution in [-0.2, 0) is 17.6 Å². The van der Waals surface area contributed by atoms with E-state index in [0.29, 0.717) is 6.42 Å². The van der Waals surface area contributed by atoms with E-state index in [2.05, 4.69) is 88.8 Å². The highest BCUT2D eigenvalue weighted by molar-refractivity contribution is 5.92. The lowest BCUT2D eigenvalue weighted by atomic mass is 10.0. The van der Waals surface area contributed by atoms with Crippen molar-refractivity contribution in [2.75, 3.05) is 42.9 Å². The number of rotatable bonds is 10. The van der Waals surface area contributed by atoms with E-state index in [1.165, 1.54) is 28.9 Å². The molecule has 0 saturated carbocycles. The summed E-state index contributed by atoms with van der Waals surface area (Å²) >= 11 is 0. The molecule has 0 spiro atoms. The van der Waals surface area contributed by atoms with Gasteiger partial charge in [-0.25, -0.2) is 4.39 Å². The van der Waals surface area contributed by atoms with Gasteiger partial charge < -0.3 is 10.2 Å². The van der Waals surface area contributed by atoms with Gasteiger partial charge >= 0.3 is 0 Å². The van der Waals surface area contributed by atoms with Gasteiger partial charge in [0.1, 0.15) is 5.82 Å². The third-order valence-electron chi connectivity index (χ3n) is 7.73. The van der Waals surface area contributed by atoms with Crippen LogP contribution in [-0.4, -0.2) is 43.5 Å². The molecule has 1 aliphatic heterocycles. The van der Waals surface area contributed by atoms with Gasteiger partial charge in [0.2, 0.25) is 5.91 Å². The number of nitrogens with one attached hydrogen (secondary N) is 1. The Hall–Kier alpha value is -3.96. The lowest BCUT2D eigenvalue weighted by Crippen LogP contribution is -2.46. The van der Waals surface area contributed by atoms with Crippen LogP contribution in [0.25, 0.3) is 0 Å². The van der Waals surface area contributed by atoms with Gasteiger partial charge in [-0.05, 0) is 84.8 Å². The number of hydrogen-bond donors (Lipinski definition) is 1. The highest BCUT2D eigenvalue weighted by Gasteiger charge is 2.18. The van der Waals surface area contributed by atoms with Crippen LogP contribution < -0.4 is 10.2 Å². The standard InChI is InChI=1S/C35H38FN3O/c1-27-7-5-10-31(26-28-8-3-2-4-9-28)35(27)37-34(40)11-6-20-38-21-23-39(24-22-38)33-18-14-30(15-19-33)25-29-12-16-32(36)17-13-29/h2-5,7-10,12-19H,6,11,20-26H2,1H3,(H,37,40). The molecule has 0 aromatic heterocycles. The van der Waals surface area contributed by atoms with Crippen molar-refractivity contribution in [2.45, 2.75) is 32.6 Å². The molecule has 4 aromatic carbocycles. The fourth-order valence-corrected chi connectivity index (χ4v) is 5.43. The summed E-state index contributed by atoms with van der Waals surface area (Å²) < 4.78 is 13.2. The largest absolute Gasteiger partial charge is 0.369 e. The van der Waals surface area contributed by atoms with E-state index in [-0.39, 0.29) is 11.7 Å². The molecule has 40 heavy (non-hydrogen) atoms. The maximum absolute atomic E-state index is 13.2. The monoisotopic (exact) mass is 535 g/mol. The molecule has 1 N–H and O–H groups in total. The number of carbonyl (C=O) groups excluding carboxylic acids is 1. The van der Waals surface area contributed by atoms with Gasteiger partial charge in [0.25, 0.3) is 0 Å². The molecule has 1 saturated heterocycles. The minimum Gasteiger partial charge on any atom is -0.369 e. The minimum absolute atomic E-state index is 0.0861. The summed E-state index contributed by atoms with van der Waals surface area (Å²) in [6.45, 7) is 6.95. The highest BCUT2D eigenvalue weighted by atomic mass is 19.1. The van der Waals surface area contributed by atoms with E-state index in [0.717, 1.165) is 74.4 Å². The van der Waals surface area contributed by atoms with Gasteiger partial charge in [-0.3, -0.25) is 9.69 Å². The first-order chi connectivity index (χ1) is 19.5. The van der Waals surface area contributed by atoms with Crippen molar-refractivity contribution in [2.24, 2.45) is 0 Å². The van der Waals surface area contributed by atoms with E-state index in [9.17, 15) is 9.18 Å². The molecule has 1 heterocycles. The van der Waals surface area contributed by atoms with Crippen LogP contribution >= 0.6 is 0 Å². The summed E-state index contributed by atoms with van der Waals surface area (Å²) in [6, 6.07) is 32.0. The number of amides is 1. The number of nitrogens with zero attached hydrogens (tertiary/aromatic N) is 2. The number of para-hydroxylation sites is 1. The quantitative estimate of drug-likeness (QED) is 0.241. The number of aryl methyl sites for hydroxylation is 1. The summed E-state index contributed by atoms with van der Waals surface area (Å²) in [5, 5.41) is 3.21. The van der Waals surface area contributed by atoms with Crippen LogP contribution in [0.4, 0.5) is 15.8 Å². The molecule has 206 valence electrons. The van der Waals surface area contributed by atoms with Crippen molar-refractivity contribution in [1.29, 1.82) is 0 Å². The summed E-state index contributed by atoms with van der Waals surface area (Å²) in [6.07, 6.45) is 2.98. The van der Waals surface area contributed by atoms with Gasteiger partial charge in [0, 0.05) is 44.0 Å². The van der Waals surface area contributed by atoms with Gasteiger partial charge in [-0.1, -0.05) is 72.8 Å². The third-order valence-corrected chi connectivity index (χ3v) is 7.73. The zero-order chi connectivity index (χ0) is 27.7. The second kappa shape index (κ2) is 13.4. The van der Waals surface area contributed by atoms with Crippen molar-refractivity contribution < 1.29 is 9.18 Å². The molecule has 4 aromatic rings. The predicted molar refractivity (Wildman–Crippen MR) is 163 cm³/mol. The van der Waals surface area contributed by atoms with Crippen LogP contribution in [0.15, 0.2) is 97.1 Å². The second-order valence-electron chi connectivity index (χ2n) is 10.7. The van der Waals surface area contributed by atoms with Crippen LogP contribution in [0.1, 0.15) is 40.7 Å². The summed E-state index contributed by atoms with van der Waals surface area (Å²) in [5.41, 5.74) is 8.03. The number of piperazine rings is 1. The number of carbonyl (C=O) groups is 1. The Bertz CT molecular complexity index is 1380. The molecule has 0 radical (unpaired) electrons. The number of anilines is 2. The Kier molecular flexibility index (Phi) is 9.25. The maximum atomic E-state index is 13.2. The number of benzene rings is 4.